The fourth-order valence-corrected chi connectivity index (χ4v) is 2.11. The fraction of sp³-hybridized carbons (Fsp3) is 0.562. The van der Waals surface area contributed by atoms with Gasteiger partial charge in [-0.1, -0.05) is 13.8 Å². The van der Waals surface area contributed by atoms with E-state index in [1.165, 1.54) is 0 Å². The van der Waals surface area contributed by atoms with Crippen molar-refractivity contribution >= 4 is 6.29 Å². The number of aldehydes is 1. The van der Waals surface area contributed by atoms with Crippen molar-refractivity contribution in [3.05, 3.63) is 29.8 Å². The number of ether oxygens (including phenoxy) is 1. The summed E-state index contributed by atoms with van der Waals surface area (Å²) in [4.78, 5) is 12.8. The van der Waals surface area contributed by atoms with Crippen molar-refractivity contribution < 1.29 is 14.6 Å². The maximum atomic E-state index is 10.5. The molecule has 1 aromatic carbocycles. The lowest BCUT2D eigenvalue weighted by atomic mass is 10.2. The molecule has 1 aromatic rings. The maximum Gasteiger partial charge on any atom is 0.150 e. The predicted octanol–water partition coefficient (Wildman–Crippen LogP) is 2.36. The summed E-state index contributed by atoms with van der Waals surface area (Å²) in [5, 5.41) is 10.0. The van der Waals surface area contributed by atoms with Crippen LogP contribution < -0.4 is 4.74 Å². The molecule has 0 saturated carbocycles. The van der Waals surface area contributed by atoms with Crippen molar-refractivity contribution in [1.82, 2.24) is 4.90 Å². The number of benzene rings is 1. The minimum absolute atomic E-state index is 0.268. The highest BCUT2D eigenvalue weighted by Crippen LogP contribution is 2.11. The molecule has 112 valence electrons. The lowest BCUT2D eigenvalue weighted by Crippen LogP contribution is -2.36. The van der Waals surface area contributed by atoms with Gasteiger partial charge in [-0.2, -0.15) is 0 Å². The van der Waals surface area contributed by atoms with E-state index in [2.05, 4.69) is 18.7 Å². The van der Waals surface area contributed by atoms with Gasteiger partial charge in [-0.3, -0.25) is 4.79 Å². The molecule has 0 heterocycles. The van der Waals surface area contributed by atoms with Crippen LogP contribution in [0.3, 0.4) is 0 Å². The smallest absolute Gasteiger partial charge is 0.150 e. The SMILES string of the molecule is CCCN(CCC)CC(O)COc1ccc(C=O)cc1. The van der Waals surface area contributed by atoms with E-state index in [0.29, 0.717) is 17.9 Å². The van der Waals surface area contributed by atoms with E-state index < -0.39 is 6.10 Å². The highest BCUT2D eigenvalue weighted by Gasteiger charge is 2.11. The summed E-state index contributed by atoms with van der Waals surface area (Å²) in [6.45, 7) is 7.18. The quantitative estimate of drug-likeness (QED) is 0.668. The molecule has 1 N–H and O–H groups in total. The van der Waals surface area contributed by atoms with Crippen LogP contribution in [0, 0.1) is 0 Å². The average molecular weight is 279 g/mol. The van der Waals surface area contributed by atoms with Gasteiger partial charge < -0.3 is 14.7 Å². The Bertz CT molecular complexity index is 372. The van der Waals surface area contributed by atoms with E-state index in [1.54, 1.807) is 24.3 Å². The van der Waals surface area contributed by atoms with Gasteiger partial charge in [-0.05, 0) is 50.2 Å². The summed E-state index contributed by atoms with van der Waals surface area (Å²) in [6.07, 6.45) is 2.46. The number of hydrogen-bond acceptors (Lipinski definition) is 4. The van der Waals surface area contributed by atoms with Crippen molar-refractivity contribution in [3.63, 3.8) is 0 Å². The van der Waals surface area contributed by atoms with Crippen LogP contribution in [-0.2, 0) is 0 Å². The largest absolute Gasteiger partial charge is 0.491 e. The molecule has 0 spiro atoms. The van der Waals surface area contributed by atoms with Gasteiger partial charge in [0, 0.05) is 12.1 Å². The van der Waals surface area contributed by atoms with Crippen LogP contribution in [0.25, 0.3) is 0 Å². The van der Waals surface area contributed by atoms with Crippen LogP contribution in [0.5, 0.6) is 5.75 Å². The topological polar surface area (TPSA) is 49.8 Å². The summed E-state index contributed by atoms with van der Waals surface area (Å²) < 4.78 is 5.53. The molecule has 0 aliphatic heterocycles. The van der Waals surface area contributed by atoms with Gasteiger partial charge in [0.15, 0.2) is 0 Å². The number of rotatable bonds is 10. The molecule has 0 amide bonds. The summed E-state index contributed by atoms with van der Waals surface area (Å²) in [5.41, 5.74) is 0.620. The first-order valence-electron chi connectivity index (χ1n) is 7.28. The van der Waals surface area contributed by atoms with Crippen LogP contribution in [0.1, 0.15) is 37.0 Å². The Balaban J connectivity index is 2.36. The Hall–Kier alpha value is -1.39. The van der Waals surface area contributed by atoms with Gasteiger partial charge in [-0.15, -0.1) is 0 Å². The first kappa shape index (κ1) is 16.7. The van der Waals surface area contributed by atoms with E-state index in [4.69, 9.17) is 4.74 Å². The van der Waals surface area contributed by atoms with E-state index >= 15 is 0 Å². The monoisotopic (exact) mass is 279 g/mol. The molecule has 4 nitrogen and oxygen atoms in total. The molecule has 1 unspecified atom stereocenters. The summed E-state index contributed by atoms with van der Waals surface area (Å²) in [5.74, 6) is 0.673. The molecule has 0 aliphatic rings. The van der Waals surface area contributed by atoms with Gasteiger partial charge >= 0.3 is 0 Å². The van der Waals surface area contributed by atoms with Gasteiger partial charge in [0.05, 0.1) is 0 Å². The molecule has 0 radical (unpaired) electrons. The lowest BCUT2D eigenvalue weighted by molar-refractivity contribution is 0.0681. The first-order chi connectivity index (χ1) is 9.69. The summed E-state index contributed by atoms with van der Waals surface area (Å²) in [6, 6.07) is 6.89. The molecular weight excluding hydrogens is 254 g/mol. The lowest BCUT2D eigenvalue weighted by Gasteiger charge is -2.24. The number of carbonyl (C=O) groups excluding carboxylic acids is 1. The van der Waals surface area contributed by atoms with E-state index in [-0.39, 0.29) is 6.61 Å². The van der Waals surface area contributed by atoms with Crippen LogP contribution in [0.2, 0.25) is 0 Å². The average Bonchev–Trinajstić information content (AvgIpc) is 2.46. The van der Waals surface area contributed by atoms with Crippen molar-refractivity contribution in [2.45, 2.75) is 32.8 Å². The second-order valence-corrected chi connectivity index (χ2v) is 4.95. The Morgan fingerprint density at radius 3 is 2.30 bits per heavy atom. The van der Waals surface area contributed by atoms with Gasteiger partial charge in [0.1, 0.15) is 24.7 Å². The zero-order chi connectivity index (χ0) is 14.8. The Kier molecular flexibility index (Phi) is 7.92. The summed E-state index contributed by atoms with van der Waals surface area (Å²) >= 11 is 0. The van der Waals surface area contributed by atoms with Crippen LogP contribution in [0.15, 0.2) is 24.3 Å². The standard InChI is InChI=1S/C16H25NO3/c1-3-9-17(10-4-2)11-15(19)13-20-16-7-5-14(12-18)6-8-16/h5-8,12,15,19H,3-4,9-11,13H2,1-2H3. The molecule has 0 fully saturated rings. The Morgan fingerprint density at radius 2 is 1.80 bits per heavy atom. The molecule has 0 saturated heterocycles. The third-order valence-electron chi connectivity index (χ3n) is 3.01. The third kappa shape index (κ3) is 6.17. The van der Waals surface area contributed by atoms with Crippen molar-refractivity contribution in [2.24, 2.45) is 0 Å². The van der Waals surface area contributed by atoms with Crippen LogP contribution in [0.4, 0.5) is 0 Å². The number of nitrogens with zero attached hydrogens (tertiary/aromatic N) is 1. The molecule has 20 heavy (non-hydrogen) atoms. The second kappa shape index (κ2) is 9.50. The zero-order valence-electron chi connectivity index (χ0n) is 12.4. The highest BCUT2D eigenvalue weighted by atomic mass is 16.5. The number of hydrogen-bond donors (Lipinski definition) is 1. The molecule has 4 heteroatoms. The van der Waals surface area contributed by atoms with Gasteiger partial charge in [0.25, 0.3) is 0 Å². The second-order valence-electron chi connectivity index (χ2n) is 4.95. The van der Waals surface area contributed by atoms with Crippen molar-refractivity contribution in [1.29, 1.82) is 0 Å². The minimum Gasteiger partial charge on any atom is -0.491 e. The van der Waals surface area contributed by atoms with E-state index in [0.717, 1.165) is 32.2 Å². The number of aliphatic hydroxyl groups is 1. The normalized spacial score (nSPS) is 12.4. The van der Waals surface area contributed by atoms with E-state index in [1.807, 2.05) is 0 Å². The molecule has 0 aromatic heterocycles. The minimum atomic E-state index is -0.501. The zero-order valence-corrected chi connectivity index (χ0v) is 12.4. The fourth-order valence-electron chi connectivity index (χ4n) is 2.11. The van der Waals surface area contributed by atoms with Gasteiger partial charge in [0.2, 0.25) is 0 Å². The predicted molar refractivity (Wildman–Crippen MR) is 80.4 cm³/mol. The third-order valence-corrected chi connectivity index (χ3v) is 3.01. The van der Waals surface area contributed by atoms with Crippen molar-refractivity contribution in [3.8, 4) is 5.75 Å². The first-order valence-corrected chi connectivity index (χ1v) is 7.28. The van der Waals surface area contributed by atoms with E-state index in [9.17, 15) is 9.90 Å². The van der Waals surface area contributed by atoms with Gasteiger partial charge in [-0.25, -0.2) is 0 Å². The number of carbonyl (C=O) groups is 1. The molecule has 0 bridgehead atoms. The highest BCUT2D eigenvalue weighted by molar-refractivity contribution is 5.74. The Morgan fingerprint density at radius 1 is 1.20 bits per heavy atom. The summed E-state index contributed by atoms with van der Waals surface area (Å²) in [7, 11) is 0. The van der Waals surface area contributed by atoms with Crippen LogP contribution >= 0.6 is 0 Å². The van der Waals surface area contributed by atoms with Crippen molar-refractivity contribution in [2.75, 3.05) is 26.2 Å². The molecule has 1 atom stereocenters. The number of aliphatic hydroxyl groups excluding tert-OH is 1. The molecular formula is C16H25NO3. The van der Waals surface area contributed by atoms with Crippen LogP contribution in [-0.4, -0.2) is 48.6 Å². The molecule has 0 aliphatic carbocycles. The molecule has 1 rings (SSSR count). The Labute approximate surface area is 121 Å². The maximum absolute atomic E-state index is 10.5.